The maximum absolute atomic E-state index is 12.1. The fourth-order valence-corrected chi connectivity index (χ4v) is 2.57. The van der Waals surface area contributed by atoms with Crippen molar-refractivity contribution in [2.75, 3.05) is 12.0 Å². The Bertz CT molecular complexity index is 867. The molecule has 128 valence electrons. The van der Waals surface area contributed by atoms with Crippen LogP contribution in [0, 0.1) is 6.92 Å². The molecule has 8 nitrogen and oxygen atoms in total. The van der Waals surface area contributed by atoms with Crippen LogP contribution in [0.1, 0.15) is 5.56 Å². The predicted octanol–water partition coefficient (Wildman–Crippen LogP) is 1.80. The maximum Gasteiger partial charge on any atom is 0.380 e. The standard InChI is InChI=1S/C15H17N3O5S/c1-10-7-8-13(22-2)12(9-10)18(15(16)19)11-5-3-4-6-14(11)23-24(17,20)21/h3-9H,1-2H3,(H2,16,19)(H2,17,20,21). The van der Waals surface area contributed by atoms with E-state index in [2.05, 4.69) is 0 Å². The van der Waals surface area contributed by atoms with Crippen LogP contribution in [0.4, 0.5) is 16.2 Å². The van der Waals surface area contributed by atoms with Crippen molar-refractivity contribution in [1.82, 2.24) is 0 Å². The molecule has 9 heteroatoms. The minimum absolute atomic E-state index is 0.114. The number of urea groups is 1. The van der Waals surface area contributed by atoms with Gasteiger partial charge in [0, 0.05) is 0 Å². The molecule has 0 radical (unpaired) electrons. The zero-order chi connectivity index (χ0) is 17.9. The van der Waals surface area contributed by atoms with E-state index in [1.165, 1.54) is 25.3 Å². The lowest BCUT2D eigenvalue weighted by Crippen LogP contribution is -2.32. The Kier molecular flexibility index (Phi) is 4.96. The van der Waals surface area contributed by atoms with Crippen LogP contribution in [0.25, 0.3) is 0 Å². The second-order valence-electron chi connectivity index (χ2n) is 4.89. The number of benzene rings is 2. The summed E-state index contributed by atoms with van der Waals surface area (Å²) in [6, 6.07) is 10.3. The van der Waals surface area contributed by atoms with Crippen LogP contribution >= 0.6 is 0 Å². The molecule has 0 saturated carbocycles. The number of carbonyl (C=O) groups excluding carboxylic acids is 1. The smallest absolute Gasteiger partial charge is 0.380 e. The number of methoxy groups -OCH3 is 1. The lowest BCUT2D eigenvalue weighted by Gasteiger charge is -2.24. The number of hydrogen-bond acceptors (Lipinski definition) is 5. The number of para-hydroxylation sites is 2. The second-order valence-corrected chi connectivity index (χ2v) is 6.05. The Hall–Kier alpha value is -2.78. The highest BCUT2D eigenvalue weighted by Gasteiger charge is 2.24. The SMILES string of the molecule is COc1ccc(C)cc1N(C(N)=O)c1ccccc1OS(N)(=O)=O. The molecule has 0 atom stereocenters. The average molecular weight is 351 g/mol. The Morgan fingerprint density at radius 1 is 1.08 bits per heavy atom. The molecule has 0 aliphatic carbocycles. The Morgan fingerprint density at radius 2 is 1.75 bits per heavy atom. The molecule has 0 bridgehead atoms. The molecule has 24 heavy (non-hydrogen) atoms. The van der Waals surface area contributed by atoms with E-state index in [1.54, 1.807) is 24.3 Å². The van der Waals surface area contributed by atoms with Crippen molar-refractivity contribution in [3.8, 4) is 11.5 Å². The molecule has 2 aromatic rings. The molecular formula is C15H17N3O5S. The summed E-state index contributed by atoms with van der Waals surface area (Å²) in [4.78, 5) is 13.1. The lowest BCUT2D eigenvalue weighted by molar-refractivity contribution is 0.255. The summed E-state index contributed by atoms with van der Waals surface area (Å²) in [6.07, 6.45) is 0. The quantitative estimate of drug-likeness (QED) is 0.849. The van der Waals surface area contributed by atoms with E-state index in [1.807, 2.05) is 6.92 Å². The molecule has 4 N–H and O–H groups in total. The molecule has 0 heterocycles. The van der Waals surface area contributed by atoms with Crippen molar-refractivity contribution in [2.24, 2.45) is 10.9 Å². The van der Waals surface area contributed by atoms with Gasteiger partial charge in [0.2, 0.25) is 0 Å². The molecule has 0 aliphatic rings. The number of carbonyl (C=O) groups is 1. The number of nitrogens with zero attached hydrogens (tertiary/aromatic N) is 1. The molecule has 2 rings (SSSR count). The summed E-state index contributed by atoms with van der Waals surface area (Å²) in [6.45, 7) is 1.83. The van der Waals surface area contributed by atoms with Crippen LogP contribution in [-0.4, -0.2) is 21.6 Å². The Labute approximate surface area is 139 Å². The van der Waals surface area contributed by atoms with Gasteiger partial charge in [-0.05, 0) is 36.8 Å². The molecule has 0 unspecified atom stereocenters. The van der Waals surface area contributed by atoms with Gasteiger partial charge >= 0.3 is 16.3 Å². The first-order chi connectivity index (χ1) is 11.2. The van der Waals surface area contributed by atoms with Gasteiger partial charge in [0.25, 0.3) is 0 Å². The number of nitrogens with two attached hydrogens (primary N) is 2. The minimum atomic E-state index is -4.27. The number of rotatable bonds is 5. The highest BCUT2D eigenvalue weighted by Crippen LogP contribution is 2.39. The van der Waals surface area contributed by atoms with E-state index in [-0.39, 0.29) is 11.4 Å². The molecule has 0 saturated heterocycles. The first kappa shape index (κ1) is 17.6. The second kappa shape index (κ2) is 6.77. The van der Waals surface area contributed by atoms with Gasteiger partial charge in [-0.25, -0.2) is 4.79 Å². The normalized spacial score (nSPS) is 11.0. The van der Waals surface area contributed by atoms with E-state index in [0.29, 0.717) is 11.4 Å². The zero-order valence-electron chi connectivity index (χ0n) is 13.1. The largest absolute Gasteiger partial charge is 0.495 e. The van der Waals surface area contributed by atoms with Gasteiger partial charge < -0.3 is 14.7 Å². The summed E-state index contributed by atoms with van der Waals surface area (Å²) in [5.74, 6) is 0.243. The molecule has 2 amide bonds. The number of aryl methyl sites for hydroxylation is 1. The van der Waals surface area contributed by atoms with Gasteiger partial charge in [-0.15, -0.1) is 0 Å². The summed E-state index contributed by atoms with van der Waals surface area (Å²) in [5.41, 5.74) is 6.81. The van der Waals surface area contributed by atoms with E-state index >= 15 is 0 Å². The zero-order valence-corrected chi connectivity index (χ0v) is 13.9. The lowest BCUT2D eigenvalue weighted by atomic mass is 10.1. The van der Waals surface area contributed by atoms with Gasteiger partial charge in [-0.1, -0.05) is 18.2 Å². The van der Waals surface area contributed by atoms with E-state index < -0.39 is 16.3 Å². The first-order valence-corrected chi connectivity index (χ1v) is 8.25. The number of hydrogen-bond donors (Lipinski definition) is 2. The number of primary amides is 1. The fourth-order valence-electron chi connectivity index (χ4n) is 2.18. The minimum Gasteiger partial charge on any atom is -0.495 e. The van der Waals surface area contributed by atoms with Crippen LogP contribution in [0.5, 0.6) is 11.5 Å². The molecule has 0 fully saturated rings. The van der Waals surface area contributed by atoms with Crippen molar-refractivity contribution in [3.05, 3.63) is 48.0 Å². The monoisotopic (exact) mass is 351 g/mol. The van der Waals surface area contributed by atoms with Gasteiger partial charge in [-0.3, -0.25) is 4.90 Å². The van der Waals surface area contributed by atoms with Gasteiger partial charge in [0.1, 0.15) is 5.75 Å². The third-order valence-corrected chi connectivity index (χ3v) is 3.52. The number of amides is 2. The van der Waals surface area contributed by atoms with Gasteiger partial charge in [-0.2, -0.15) is 13.6 Å². The highest BCUT2D eigenvalue weighted by atomic mass is 32.2. The van der Waals surface area contributed by atoms with Crippen molar-refractivity contribution < 1.29 is 22.1 Å². The molecule has 2 aromatic carbocycles. The maximum atomic E-state index is 12.1. The average Bonchev–Trinajstić information content (AvgIpc) is 2.48. The van der Waals surface area contributed by atoms with E-state index in [4.69, 9.17) is 19.8 Å². The van der Waals surface area contributed by atoms with Crippen LogP contribution in [0.2, 0.25) is 0 Å². The van der Waals surface area contributed by atoms with Crippen LogP contribution in [0.3, 0.4) is 0 Å². The van der Waals surface area contributed by atoms with Crippen molar-refractivity contribution >= 4 is 27.7 Å². The van der Waals surface area contributed by atoms with Crippen LogP contribution < -0.4 is 24.7 Å². The molecule has 0 spiro atoms. The van der Waals surface area contributed by atoms with Crippen molar-refractivity contribution in [2.45, 2.75) is 6.92 Å². The molecular weight excluding hydrogens is 334 g/mol. The first-order valence-electron chi connectivity index (χ1n) is 6.78. The van der Waals surface area contributed by atoms with E-state index in [9.17, 15) is 13.2 Å². The third-order valence-electron chi connectivity index (χ3n) is 3.11. The van der Waals surface area contributed by atoms with E-state index in [0.717, 1.165) is 10.5 Å². The van der Waals surface area contributed by atoms with Crippen LogP contribution in [0.15, 0.2) is 42.5 Å². The summed E-state index contributed by atoms with van der Waals surface area (Å²) < 4.78 is 32.5. The highest BCUT2D eigenvalue weighted by molar-refractivity contribution is 7.84. The van der Waals surface area contributed by atoms with Gasteiger partial charge in [0.15, 0.2) is 5.75 Å². The number of anilines is 2. The van der Waals surface area contributed by atoms with Crippen molar-refractivity contribution in [3.63, 3.8) is 0 Å². The van der Waals surface area contributed by atoms with Crippen molar-refractivity contribution in [1.29, 1.82) is 0 Å². The topological polar surface area (TPSA) is 125 Å². The summed E-state index contributed by atoms with van der Waals surface area (Å²) >= 11 is 0. The molecule has 0 aliphatic heterocycles. The predicted molar refractivity (Wildman–Crippen MR) is 89.6 cm³/mol. The van der Waals surface area contributed by atoms with Crippen LogP contribution in [-0.2, 0) is 10.3 Å². The number of ether oxygens (including phenoxy) is 1. The summed E-state index contributed by atoms with van der Waals surface area (Å²) in [5, 5.41) is 4.92. The molecule has 0 aromatic heterocycles. The Morgan fingerprint density at radius 3 is 2.33 bits per heavy atom. The summed E-state index contributed by atoms with van der Waals surface area (Å²) in [7, 11) is -2.83. The third kappa shape index (κ3) is 3.94. The fraction of sp³-hybridized carbons (Fsp3) is 0.133. The van der Waals surface area contributed by atoms with Gasteiger partial charge in [0.05, 0.1) is 18.5 Å². The Balaban J connectivity index is 2.66.